The van der Waals surface area contributed by atoms with Gasteiger partial charge in [-0.3, -0.25) is 4.99 Å². The van der Waals surface area contributed by atoms with Crippen LogP contribution in [0.2, 0.25) is 0 Å². The Kier molecular flexibility index (Phi) is 8.00. The van der Waals surface area contributed by atoms with Crippen LogP contribution in [-0.2, 0) is 16.0 Å². The van der Waals surface area contributed by atoms with Crippen molar-refractivity contribution < 1.29 is 18.9 Å². The quantitative estimate of drug-likeness (QED) is 0.512. The molecule has 7 nitrogen and oxygen atoms in total. The third-order valence-corrected chi connectivity index (χ3v) is 5.96. The molecular weight excluding hydrogens is 370 g/mol. The number of methoxy groups -OCH3 is 2. The van der Waals surface area contributed by atoms with Gasteiger partial charge in [-0.15, -0.1) is 0 Å². The Balaban J connectivity index is 1.59. The highest BCUT2D eigenvalue weighted by molar-refractivity contribution is 5.79. The second-order valence-electron chi connectivity index (χ2n) is 7.78. The topological polar surface area (TPSA) is 73.3 Å². The molecule has 1 heterocycles. The van der Waals surface area contributed by atoms with E-state index in [-0.39, 0.29) is 5.60 Å². The fourth-order valence-corrected chi connectivity index (χ4v) is 3.94. The van der Waals surface area contributed by atoms with Crippen LogP contribution < -0.4 is 20.1 Å². The summed E-state index contributed by atoms with van der Waals surface area (Å²) in [7, 11) is 5.23. The maximum atomic E-state index is 6.29. The Bertz CT molecular complexity index is 668. The number of aliphatic imine (C=N–C) groups is 1. The van der Waals surface area contributed by atoms with Crippen LogP contribution in [0.5, 0.6) is 11.5 Å². The van der Waals surface area contributed by atoms with E-state index in [0.29, 0.717) is 19.2 Å². The third kappa shape index (κ3) is 6.00. The van der Waals surface area contributed by atoms with Crippen LogP contribution >= 0.6 is 0 Å². The van der Waals surface area contributed by atoms with E-state index in [4.69, 9.17) is 18.9 Å². The minimum Gasteiger partial charge on any atom is -0.497 e. The van der Waals surface area contributed by atoms with Crippen molar-refractivity contribution in [1.29, 1.82) is 0 Å². The summed E-state index contributed by atoms with van der Waals surface area (Å²) in [5.74, 6) is 2.44. The van der Waals surface area contributed by atoms with Gasteiger partial charge >= 0.3 is 0 Å². The Labute approximate surface area is 174 Å². The van der Waals surface area contributed by atoms with Gasteiger partial charge in [0.25, 0.3) is 0 Å². The summed E-state index contributed by atoms with van der Waals surface area (Å²) in [5, 5.41) is 6.81. The first kappa shape index (κ1) is 21.7. The number of rotatable bonds is 8. The number of ether oxygens (including phenoxy) is 4. The highest BCUT2D eigenvalue weighted by atomic mass is 16.5. The van der Waals surface area contributed by atoms with Gasteiger partial charge in [-0.2, -0.15) is 0 Å². The number of nitrogens with zero attached hydrogens (tertiary/aromatic N) is 1. The Hall–Kier alpha value is -1.99. The lowest BCUT2D eigenvalue weighted by molar-refractivity contribution is -0.0855. The van der Waals surface area contributed by atoms with Crippen LogP contribution in [0.4, 0.5) is 0 Å². The van der Waals surface area contributed by atoms with E-state index in [2.05, 4.69) is 21.7 Å². The van der Waals surface area contributed by atoms with E-state index < -0.39 is 0 Å². The fraction of sp³-hybridized carbons (Fsp3) is 0.682. The van der Waals surface area contributed by atoms with Crippen molar-refractivity contribution in [3.05, 3.63) is 23.8 Å². The lowest BCUT2D eigenvalue weighted by Gasteiger charge is -2.36. The zero-order valence-corrected chi connectivity index (χ0v) is 18.0. The van der Waals surface area contributed by atoms with Crippen LogP contribution in [0, 0.1) is 0 Å². The van der Waals surface area contributed by atoms with Gasteiger partial charge in [0.1, 0.15) is 11.5 Å². The summed E-state index contributed by atoms with van der Waals surface area (Å²) in [4.78, 5) is 4.36. The average Bonchev–Trinajstić information content (AvgIpc) is 3.28. The molecule has 1 aliphatic heterocycles. The third-order valence-electron chi connectivity index (χ3n) is 5.96. The lowest BCUT2D eigenvalue weighted by Crippen LogP contribution is -2.50. The molecule has 2 N–H and O–H groups in total. The molecule has 0 atom stereocenters. The van der Waals surface area contributed by atoms with E-state index in [0.717, 1.165) is 61.9 Å². The van der Waals surface area contributed by atoms with E-state index >= 15 is 0 Å². The van der Waals surface area contributed by atoms with Crippen LogP contribution in [0.15, 0.2) is 23.2 Å². The van der Waals surface area contributed by atoms with Gasteiger partial charge in [0.2, 0.25) is 0 Å². The molecule has 7 heteroatoms. The molecule has 0 unspecified atom stereocenters. The van der Waals surface area contributed by atoms with Gasteiger partial charge in [-0.05, 0) is 37.8 Å². The van der Waals surface area contributed by atoms with Crippen molar-refractivity contribution in [1.82, 2.24) is 10.6 Å². The van der Waals surface area contributed by atoms with Gasteiger partial charge in [0.15, 0.2) is 5.96 Å². The summed E-state index contributed by atoms with van der Waals surface area (Å²) < 4.78 is 22.9. The minimum atomic E-state index is -0.202. The first-order valence-corrected chi connectivity index (χ1v) is 10.6. The maximum Gasteiger partial charge on any atom is 0.191 e. The minimum absolute atomic E-state index is 0.202. The van der Waals surface area contributed by atoms with Gasteiger partial charge in [-0.25, -0.2) is 0 Å². The number of hydrogen-bond acceptors (Lipinski definition) is 5. The smallest absolute Gasteiger partial charge is 0.191 e. The molecule has 0 aromatic heterocycles. The van der Waals surface area contributed by atoms with E-state index in [1.807, 2.05) is 12.1 Å². The molecule has 2 aliphatic rings. The normalized spacial score (nSPS) is 19.8. The molecule has 0 spiro atoms. The van der Waals surface area contributed by atoms with Crippen LogP contribution in [0.25, 0.3) is 0 Å². The molecule has 1 saturated carbocycles. The largest absolute Gasteiger partial charge is 0.497 e. The molecule has 29 heavy (non-hydrogen) atoms. The molecule has 0 amide bonds. The Morgan fingerprint density at radius 3 is 2.59 bits per heavy atom. The second-order valence-corrected chi connectivity index (χ2v) is 7.78. The molecule has 1 saturated heterocycles. The van der Waals surface area contributed by atoms with Gasteiger partial charge < -0.3 is 29.6 Å². The maximum absolute atomic E-state index is 6.29. The summed E-state index contributed by atoms with van der Waals surface area (Å²) in [6.07, 6.45) is 6.78. The monoisotopic (exact) mass is 405 g/mol. The molecule has 1 aliphatic carbocycles. The van der Waals surface area contributed by atoms with Crippen molar-refractivity contribution >= 4 is 5.96 Å². The van der Waals surface area contributed by atoms with Crippen LogP contribution in [-0.4, -0.2) is 58.7 Å². The number of nitrogens with one attached hydrogen (secondary N) is 2. The first-order valence-electron chi connectivity index (χ1n) is 10.6. The molecule has 1 aromatic rings. The molecular formula is C22H35N3O4. The van der Waals surface area contributed by atoms with Gasteiger partial charge in [0, 0.05) is 64.9 Å². The van der Waals surface area contributed by atoms with E-state index in [9.17, 15) is 0 Å². The van der Waals surface area contributed by atoms with Gasteiger partial charge in [-0.1, -0.05) is 0 Å². The van der Waals surface area contributed by atoms with Crippen molar-refractivity contribution in [3.63, 3.8) is 0 Å². The number of guanidine groups is 1. The van der Waals surface area contributed by atoms with Crippen molar-refractivity contribution in [3.8, 4) is 11.5 Å². The van der Waals surface area contributed by atoms with Gasteiger partial charge in [0.05, 0.1) is 18.8 Å². The standard InChI is InChI=1S/C22H35N3O4/c1-23-21(25-16-22(27-3)10-12-28-13-11-22)24-15-17-8-9-19(26-2)14-20(17)29-18-6-4-5-7-18/h8-9,14,18H,4-7,10-13,15-16H2,1-3H3,(H2,23,24,25). The molecule has 0 bridgehead atoms. The zero-order valence-electron chi connectivity index (χ0n) is 18.0. The second kappa shape index (κ2) is 10.7. The summed E-state index contributed by atoms with van der Waals surface area (Å²) in [6.45, 7) is 2.78. The summed E-state index contributed by atoms with van der Waals surface area (Å²) in [5.41, 5.74) is 0.889. The number of hydrogen-bond donors (Lipinski definition) is 2. The van der Waals surface area contributed by atoms with Crippen LogP contribution in [0.1, 0.15) is 44.1 Å². The average molecular weight is 406 g/mol. The van der Waals surface area contributed by atoms with Crippen molar-refractivity contribution in [2.75, 3.05) is 41.0 Å². The number of benzene rings is 1. The molecule has 3 rings (SSSR count). The predicted octanol–water partition coefficient (Wildman–Crippen LogP) is 2.88. The predicted molar refractivity (Wildman–Crippen MR) is 114 cm³/mol. The van der Waals surface area contributed by atoms with Crippen molar-refractivity contribution in [2.45, 2.75) is 56.8 Å². The molecule has 162 valence electrons. The lowest BCUT2D eigenvalue weighted by atomic mass is 9.94. The summed E-state index contributed by atoms with van der Waals surface area (Å²) >= 11 is 0. The Morgan fingerprint density at radius 2 is 1.93 bits per heavy atom. The first-order chi connectivity index (χ1) is 14.2. The highest BCUT2D eigenvalue weighted by Crippen LogP contribution is 2.30. The summed E-state index contributed by atoms with van der Waals surface area (Å²) in [6, 6.07) is 6.00. The molecule has 0 radical (unpaired) electrons. The Morgan fingerprint density at radius 1 is 1.17 bits per heavy atom. The SMILES string of the molecule is CN=C(NCc1ccc(OC)cc1OC1CCCC1)NCC1(OC)CCOCC1. The zero-order chi connectivity index (χ0) is 20.5. The fourth-order valence-electron chi connectivity index (χ4n) is 3.94. The highest BCUT2D eigenvalue weighted by Gasteiger charge is 2.32. The van der Waals surface area contributed by atoms with E-state index in [1.54, 1.807) is 21.3 Å². The van der Waals surface area contributed by atoms with E-state index in [1.165, 1.54) is 12.8 Å². The molecule has 1 aromatic carbocycles. The van der Waals surface area contributed by atoms with Crippen LogP contribution in [0.3, 0.4) is 0 Å². The van der Waals surface area contributed by atoms with Crippen molar-refractivity contribution in [2.24, 2.45) is 4.99 Å². The molecule has 2 fully saturated rings.